The average molecular weight is 283 g/mol. The Kier molecular flexibility index (Phi) is 3.35. The monoisotopic (exact) mass is 283 g/mol. The summed E-state index contributed by atoms with van der Waals surface area (Å²) in [5.74, 6) is 0. The van der Waals surface area contributed by atoms with Crippen molar-refractivity contribution in [2.45, 2.75) is 31.2 Å². The van der Waals surface area contributed by atoms with Crippen molar-refractivity contribution < 1.29 is 4.79 Å². The van der Waals surface area contributed by atoms with E-state index in [4.69, 9.17) is 0 Å². The zero-order chi connectivity index (χ0) is 14.9. The van der Waals surface area contributed by atoms with Crippen LogP contribution < -0.4 is 5.69 Å². The van der Waals surface area contributed by atoms with Crippen LogP contribution in [0, 0.1) is 0 Å². The highest BCUT2D eigenvalue weighted by atomic mass is 16.1. The summed E-state index contributed by atoms with van der Waals surface area (Å²) in [7, 11) is 1.72. The summed E-state index contributed by atoms with van der Waals surface area (Å²) in [5.41, 5.74) is 1.34. The van der Waals surface area contributed by atoms with Gasteiger partial charge in [-0.25, -0.2) is 9.59 Å². The minimum Gasteiger partial charge on any atom is -0.302 e. The van der Waals surface area contributed by atoms with E-state index >= 15 is 0 Å². The molecule has 1 aliphatic carbocycles. The number of aromatic nitrogens is 2. The Morgan fingerprint density at radius 1 is 1.14 bits per heavy atom. The smallest absolute Gasteiger partial charge is 0.302 e. The van der Waals surface area contributed by atoms with E-state index in [9.17, 15) is 9.59 Å². The number of hydrogen-bond acceptors (Lipinski definition) is 3. The van der Waals surface area contributed by atoms with Gasteiger partial charge in [0.25, 0.3) is 0 Å². The molecule has 0 N–H and O–H groups in total. The summed E-state index contributed by atoms with van der Waals surface area (Å²) in [4.78, 5) is 26.7. The van der Waals surface area contributed by atoms with Gasteiger partial charge in [-0.2, -0.15) is 4.99 Å². The van der Waals surface area contributed by atoms with E-state index < -0.39 is 5.54 Å². The van der Waals surface area contributed by atoms with Crippen LogP contribution in [0.5, 0.6) is 0 Å². The first kappa shape index (κ1) is 13.6. The van der Waals surface area contributed by atoms with Gasteiger partial charge in [-0.3, -0.25) is 4.57 Å². The molecule has 1 aromatic heterocycles. The summed E-state index contributed by atoms with van der Waals surface area (Å²) in [5, 5.41) is 0. The van der Waals surface area contributed by atoms with E-state index in [1.54, 1.807) is 30.1 Å². The van der Waals surface area contributed by atoms with Gasteiger partial charge < -0.3 is 4.57 Å². The molecule has 0 amide bonds. The molecule has 108 valence electrons. The number of imidazole rings is 1. The summed E-state index contributed by atoms with van der Waals surface area (Å²) >= 11 is 0. The predicted octanol–water partition coefficient (Wildman–Crippen LogP) is 2.28. The number of aryl methyl sites for hydroxylation is 1. The minimum atomic E-state index is -0.415. The molecule has 0 bridgehead atoms. The Hall–Kier alpha value is -2.39. The van der Waals surface area contributed by atoms with Crippen LogP contribution in [0.4, 0.5) is 0 Å². The number of isocyanates is 1. The molecule has 1 fully saturated rings. The van der Waals surface area contributed by atoms with Crippen LogP contribution in [0.25, 0.3) is 5.69 Å². The van der Waals surface area contributed by atoms with Gasteiger partial charge in [0.15, 0.2) is 0 Å². The second-order valence-corrected chi connectivity index (χ2v) is 5.55. The van der Waals surface area contributed by atoms with E-state index in [1.165, 1.54) is 4.57 Å². The lowest BCUT2D eigenvalue weighted by Crippen LogP contribution is -2.21. The second-order valence-electron chi connectivity index (χ2n) is 5.55. The predicted molar refractivity (Wildman–Crippen MR) is 79.3 cm³/mol. The van der Waals surface area contributed by atoms with Gasteiger partial charge in [-0.15, -0.1) is 0 Å². The van der Waals surface area contributed by atoms with Crippen LogP contribution >= 0.6 is 0 Å². The Morgan fingerprint density at radius 2 is 1.81 bits per heavy atom. The van der Waals surface area contributed by atoms with E-state index in [0.29, 0.717) is 0 Å². The van der Waals surface area contributed by atoms with Gasteiger partial charge in [0.05, 0.1) is 11.2 Å². The molecular formula is C16H17N3O2. The van der Waals surface area contributed by atoms with Gasteiger partial charge in [0.2, 0.25) is 6.08 Å². The third kappa shape index (κ3) is 2.26. The number of carbonyl (C=O) groups excluding carboxylic acids is 1. The molecule has 5 heteroatoms. The van der Waals surface area contributed by atoms with E-state index in [0.717, 1.165) is 36.9 Å². The first-order valence-corrected chi connectivity index (χ1v) is 7.10. The van der Waals surface area contributed by atoms with Gasteiger partial charge in [-0.1, -0.05) is 25.0 Å². The number of nitrogens with zero attached hydrogens (tertiary/aromatic N) is 3. The first-order valence-electron chi connectivity index (χ1n) is 7.10. The molecule has 1 aromatic carbocycles. The van der Waals surface area contributed by atoms with Crippen molar-refractivity contribution in [1.29, 1.82) is 0 Å². The molecule has 3 rings (SSSR count). The molecule has 0 spiro atoms. The molecule has 1 saturated carbocycles. The average Bonchev–Trinajstić information content (AvgIpc) is 3.09. The van der Waals surface area contributed by atoms with Gasteiger partial charge >= 0.3 is 5.69 Å². The van der Waals surface area contributed by atoms with Crippen molar-refractivity contribution >= 4 is 6.08 Å². The molecule has 5 nitrogen and oxygen atoms in total. The van der Waals surface area contributed by atoms with Crippen molar-refractivity contribution in [2.24, 2.45) is 12.0 Å². The molecule has 0 atom stereocenters. The SMILES string of the molecule is Cn1ccn(-c2ccc(C3(N=C=O)CCCC3)cc2)c1=O. The van der Waals surface area contributed by atoms with E-state index in [2.05, 4.69) is 4.99 Å². The van der Waals surface area contributed by atoms with Crippen LogP contribution in [-0.2, 0) is 17.4 Å². The van der Waals surface area contributed by atoms with Crippen LogP contribution in [0.15, 0.2) is 46.4 Å². The molecule has 1 aliphatic rings. The fourth-order valence-electron chi connectivity index (χ4n) is 3.11. The summed E-state index contributed by atoms with van der Waals surface area (Å²) in [6.07, 6.45) is 9.11. The molecule has 0 unspecified atom stereocenters. The van der Waals surface area contributed by atoms with Crippen molar-refractivity contribution in [1.82, 2.24) is 9.13 Å². The van der Waals surface area contributed by atoms with Crippen LogP contribution in [0.1, 0.15) is 31.2 Å². The highest BCUT2D eigenvalue weighted by Gasteiger charge is 2.35. The lowest BCUT2D eigenvalue weighted by atomic mass is 9.89. The third-order valence-corrected chi connectivity index (χ3v) is 4.32. The van der Waals surface area contributed by atoms with Crippen molar-refractivity contribution in [3.63, 3.8) is 0 Å². The largest absolute Gasteiger partial charge is 0.332 e. The number of hydrogen-bond donors (Lipinski definition) is 0. The van der Waals surface area contributed by atoms with Crippen molar-refractivity contribution in [2.75, 3.05) is 0 Å². The number of aliphatic imine (C=N–C) groups is 1. The first-order chi connectivity index (χ1) is 10.2. The van der Waals surface area contributed by atoms with Crippen molar-refractivity contribution in [3.8, 4) is 5.69 Å². The highest BCUT2D eigenvalue weighted by molar-refractivity contribution is 5.42. The zero-order valence-corrected chi connectivity index (χ0v) is 12.0. The summed E-state index contributed by atoms with van der Waals surface area (Å²) < 4.78 is 3.12. The Labute approximate surface area is 122 Å². The Bertz CT molecular complexity index is 743. The summed E-state index contributed by atoms with van der Waals surface area (Å²) in [6, 6.07) is 7.72. The minimum absolute atomic E-state index is 0.0794. The highest BCUT2D eigenvalue weighted by Crippen LogP contribution is 2.42. The number of rotatable bonds is 3. The molecule has 0 aliphatic heterocycles. The standard InChI is InChI=1S/C16H17N3O2/c1-18-10-11-19(15(18)21)14-6-4-13(5-7-14)16(17-12-20)8-2-3-9-16/h4-7,10-11H,2-3,8-9H2,1H3. The lowest BCUT2D eigenvalue weighted by Gasteiger charge is -2.23. The maximum atomic E-state index is 11.9. The maximum absolute atomic E-state index is 11.9. The number of benzene rings is 1. The van der Waals surface area contributed by atoms with Gasteiger partial charge in [0.1, 0.15) is 0 Å². The van der Waals surface area contributed by atoms with Crippen LogP contribution in [0.2, 0.25) is 0 Å². The quantitative estimate of drug-likeness (QED) is 0.641. The normalized spacial score (nSPS) is 16.6. The second kappa shape index (κ2) is 5.19. The van der Waals surface area contributed by atoms with Crippen molar-refractivity contribution in [3.05, 3.63) is 52.7 Å². The maximum Gasteiger partial charge on any atom is 0.332 e. The lowest BCUT2D eigenvalue weighted by molar-refractivity contribution is 0.456. The topological polar surface area (TPSA) is 56.4 Å². The molecular weight excluding hydrogens is 266 g/mol. The van der Waals surface area contributed by atoms with Crippen LogP contribution in [-0.4, -0.2) is 15.2 Å². The Morgan fingerprint density at radius 3 is 2.33 bits per heavy atom. The third-order valence-electron chi connectivity index (χ3n) is 4.32. The van der Waals surface area contributed by atoms with E-state index in [-0.39, 0.29) is 5.69 Å². The van der Waals surface area contributed by atoms with Gasteiger partial charge in [-0.05, 0) is 30.5 Å². The van der Waals surface area contributed by atoms with E-state index in [1.807, 2.05) is 24.3 Å². The zero-order valence-electron chi connectivity index (χ0n) is 12.0. The molecule has 1 heterocycles. The molecule has 0 saturated heterocycles. The fraction of sp³-hybridized carbons (Fsp3) is 0.375. The van der Waals surface area contributed by atoms with Crippen LogP contribution in [0.3, 0.4) is 0 Å². The van der Waals surface area contributed by atoms with Gasteiger partial charge in [0, 0.05) is 19.4 Å². The Balaban J connectivity index is 1.99. The summed E-state index contributed by atoms with van der Waals surface area (Å²) in [6.45, 7) is 0. The molecule has 21 heavy (non-hydrogen) atoms. The molecule has 0 radical (unpaired) electrons. The fourth-order valence-corrected chi connectivity index (χ4v) is 3.11. The molecule has 2 aromatic rings.